The van der Waals surface area contributed by atoms with E-state index in [1.165, 1.54) is 19.3 Å². The molecule has 1 saturated heterocycles. The zero-order chi connectivity index (χ0) is 16.4. The average molecular weight is 319 g/mol. The first-order valence-corrected chi connectivity index (χ1v) is 9.41. The van der Waals surface area contributed by atoms with Crippen molar-refractivity contribution in [2.24, 2.45) is 5.41 Å². The molecule has 2 fully saturated rings. The summed E-state index contributed by atoms with van der Waals surface area (Å²) in [6, 6.07) is 0.425. The number of amides is 1. The summed E-state index contributed by atoms with van der Waals surface area (Å²) in [7, 11) is 0. The van der Waals surface area contributed by atoms with Gasteiger partial charge in [-0.1, -0.05) is 25.0 Å². The zero-order valence-corrected chi connectivity index (χ0v) is 15.1. The molecule has 4 heteroatoms. The number of carbonyl (C=O) groups excluding carboxylic acids is 1. The molecule has 0 aromatic rings. The number of carbonyl (C=O) groups is 1. The Morgan fingerprint density at radius 2 is 2.17 bits per heavy atom. The lowest BCUT2D eigenvalue weighted by Gasteiger charge is -2.37. The van der Waals surface area contributed by atoms with E-state index in [1.54, 1.807) is 11.1 Å². The maximum Gasteiger partial charge on any atom is 0.238 e. The van der Waals surface area contributed by atoms with Crippen LogP contribution in [0.1, 0.15) is 59.3 Å². The van der Waals surface area contributed by atoms with Gasteiger partial charge in [0, 0.05) is 32.2 Å². The van der Waals surface area contributed by atoms with Crippen LogP contribution in [0.5, 0.6) is 0 Å². The Bertz CT molecular complexity index is 479. The van der Waals surface area contributed by atoms with E-state index in [-0.39, 0.29) is 11.9 Å². The van der Waals surface area contributed by atoms with Crippen molar-refractivity contribution >= 4 is 5.91 Å². The molecule has 0 aromatic heterocycles. The second-order valence-electron chi connectivity index (χ2n) is 8.34. The van der Waals surface area contributed by atoms with Gasteiger partial charge in [-0.2, -0.15) is 0 Å². The normalized spacial score (nSPS) is 28.7. The Morgan fingerprint density at radius 3 is 2.87 bits per heavy atom. The lowest BCUT2D eigenvalue weighted by Crippen LogP contribution is -2.57. The third kappa shape index (κ3) is 4.36. The van der Waals surface area contributed by atoms with Crippen LogP contribution >= 0.6 is 0 Å². The van der Waals surface area contributed by atoms with Crippen molar-refractivity contribution in [1.29, 1.82) is 0 Å². The van der Waals surface area contributed by atoms with Crippen LogP contribution in [0.3, 0.4) is 0 Å². The minimum atomic E-state index is -0.0289. The van der Waals surface area contributed by atoms with Gasteiger partial charge in [0.15, 0.2) is 0 Å². The van der Waals surface area contributed by atoms with Crippen LogP contribution in [0.2, 0.25) is 0 Å². The van der Waals surface area contributed by atoms with Crippen molar-refractivity contribution in [3.8, 4) is 0 Å². The summed E-state index contributed by atoms with van der Waals surface area (Å²) in [5, 5.41) is 6.51. The monoisotopic (exact) mass is 319 g/mol. The summed E-state index contributed by atoms with van der Waals surface area (Å²) in [6.45, 7) is 11.0. The molecule has 3 rings (SSSR count). The van der Waals surface area contributed by atoms with E-state index in [1.807, 2.05) is 0 Å². The Morgan fingerprint density at radius 1 is 1.39 bits per heavy atom. The molecule has 1 heterocycles. The quantitative estimate of drug-likeness (QED) is 0.765. The number of nitrogens with one attached hydrogen (secondary N) is 2. The molecule has 3 aliphatic rings. The van der Waals surface area contributed by atoms with E-state index in [9.17, 15) is 4.79 Å². The highest BCUT2D eigenvalue weighted by Gasteiger charge is 2.31. The largest absolute Gasteiger partial charge is 0.352 e. The molecule has 1 unspecified atom stereocenters. The van der Waals surface area contributed by atoms with Gasteiger partial charge in [0.25, 0.3) is 0 Å². The van der Waals surface area contributed by atoms with Crippen LogP contribution in [0.25, 0.3) is 0 Å². The maximum absolute atomic E-state index is 12.2. The highest BCUT2D eigenvalue weighted by Crippen LogP contribution is 2.41. The summed E-state index contributed by atoms with van der Waals surface area (Å²) in [5.74, 6) is 0.200. The summed E-state index contributed by atoms with van der Waals surface area (Å²) < 4.78 is 0. The van der Waals surface area contributed by atoms with Crippen LogP contribution in [-0.4, -0.2) is 49.1 Å². The molecule has 1 atom stereocenters. The van der Waals surface area contributed by atoms with Gasteiger partial charge >= 0.3 is 0 Å². The van der Waals surface area contributed by atoms with Crippen LogP contribution in [0, 0.1) is 5.41 Å². The number of hydrogen-bond acceptors (Lipinski definition) is 3. The van der Waals surface area contributed by atoms with Gasteiger partial charge in [-0.15, -0.1) is 0 Å². The van der Waals surface area contributed by atoms with Crippen molar-refractivity contribution in [2.75, 3.05) is 26.2 Å². The summed E-state index contributed by atoms with van der Waals surface area (Å²) in [5.41, 5.74) is 3.64. The highest BCUT2D eigenvalue weighted by molar-refractivity contribution is 5.82. The smallest absolute Gasteiger partial charge is 0.238 e. The van der Waals surface area contributed by atoms with Crippen molar-refractivity contribution in [3.63, 3.8) is 0 Å². The molecular formula is C19H33N3O. The molecule has 130 valence electrons. The van der Waals surface area contributed by atoms with Gasteiger partial charge in [-0.3, -0.25) is 9.69 Å². The van der Waals surface area contributed by atoms with E-state index in [0.717, 1.165) is 45.4 Å². The number of piperazine rings is 1. The SMILES string of the molecule is CC1=C(CCN2CCNC(C(=O)NC3CC3)C2)C(C)(C)CCC1. The molecule has 4 nitrogen and oxygen atoms in total. The fraction of sp³-hybridized carbons (Fsp3) is 0.842. The first-order valence-electron chi connectivity index (χ1n) is 9.41. The van der Waals surface area contributed by atoms with E-state index >= 15 is 0 Å². The molecule has 0 aromatic carbocycles. The first-order chi connectivity index (χ1) is 11.0. The molecule has 0 radical (unpaired) electrons. The van der Waals surface area contributed by atoms with Crippen LogP contribution in [0.15, 0.2) is 11.1 Å². The molecule has 1 saturated carbocycles. The molecule has 1 amide bonds. The number of rotatable bonds is 5. The molecular weight excluding hydrogens is 286 g/mol. The first kappa shape index (κ1) is 17.0. The van der Waals surface area contributed by atoms with Crippen LogP contribution < -0.4 is 10.6 Å². The summed E-state index contributed by atoms with van der Waals surface area (Å²) >= 11 is 0. The van der Waals surface area contributed by atoms with Gasteiger partial charge < -0.3 is 10.6 Å². The van der Waals surface area contributed by atoms with Gasteiger partial charge in [0.2, 0.25) is 5.91 Å². The van der Waals surface area contributed by atoms with Crippen LogP contribution in [-0.2, 0) is 4.79 Å². The van der Waals surface area contributed by atoms with Gasteiger partial charge in [-0.25, -0.2) is 0 Å². The second-order valence-corrected chi connectivity index (χ2v) is 8.34. The lowest BCUT2D eigenvalue weighted by molar-refractivity contribution is -0.124. The number of allylic oxidation sites excluding steroid dienone is 1. The molecule has 0 spiro atoms. The standard InChI is InChI=1S/C19H33N3O/c1-14-5-4-9-19(2,3)16(14)8-11-22-12-10-20-17(13-22)18(23)21-15-6-7-15/h15,17,20H,4-13H2,1-3H3,(H,21,23). The highest BCUT2D eigenvalue weighted by atomic mass is 16.2. The predicted octanol–water partition coefficient (Wildman–Crippen LogP) is 2.46. The predicted molar refractivity (Wildman–Crippen MR) is 94.3 cm³/mol. The van der Waals surface area contributed by atoms with Gasteiger partial charge in [0.1, 0.15) is 0 Å². The van der Waals surface area contributed by atoms with Crippen LogP contribution in [0.4, 0.5) is 0 Å². The fourth-order valence-corrected chi connectivity index (χ4v) is 4.22. The Hall–Kier alpha value is -0.870. The van der Waals surface area contributed by atoms with E-state index in [2.05, 4.69) is 36.3 Å². The average Bonchev–Trinajstić information content (AvgIpc) is 3.30. The third-order valence-electron chi connectivity index (χ3n) is 5.86. The fourth-order valence-electron chi connectivity index (χ4n) is 4.22. The van der Waals surface area contributed by atoms with Gasteiger partial charge in [-0.05, 0) is 50.9 Å². The third-order valence-corrected chi connectivity index (χ3v) is 5.86. The second kappa shape index (κ2) is 6.94. The maximum atomic E-state index is 12.2. The molecule has 0 bridgehead atoms. The van der Waals surface area contributed by atoms with Crippen molar-refractivity contribution < 1.29 is 4.79 Å². The minimum Gasteiger partial charge on any atom is -0.352 e. The Kier molecular flexibility index (Phi) is 5.12. The molecule has 2 N–H and O–H groups in total. The zero-order valence-electron chi connectivity index (χ0n) is 15.1. The topological polar surface area (TPSA) is 44.4 Å². The van der Waals surface area contributed by atoms with Crippen molar-refractivity contribution in [1.82, 2.24) is 15.5 Å². The Balaban J connectivity index is 1.52. The Labute approximate surface area is 141 Å². The molecule has 1 aliphatic heterocycles. The summed E-state index contributed by atoms with van der Waals surface area (Å²) in [4.78, 5) is 14.7. The lowest BCUT2D eigenvalue weighted by atomic mass is 9.71. The van der Waals surface area contributed by atoms with E-state index in [4.69, 9.17) is 0 Å². The van der Waals surface area contributed by atoms with Crippen molar-refractivity contribution in [2.45, 2.75) is 71.4 Å². The summed E-state index contributed by atoms with van der Waals surface area (Å²) in [6.07, 6.45) is 7.39. The van der Waals surface area contributed by atoms with E-state index < -0.39 is 0 Å². The molecule has 2 aliphatic carbocycles. The van der Waals surface area contributed by atoms with Crippen molar-refractivity contribution in [3.05, 3.63) is 11.1 Å². The molecule has 23 heavy (non-hydrogen) atoms. The number of hydrogen-bond donors (Lipinski definition) is 2. The minimum absolute atomic E-state index is 0.0289. The van der Waals surface area contributed by atoms with E-state index in [0.29, 0.717) is 11.5 Å². The number of nitrogens with zero attached hydrogens (tertiary/aromatic N) is 1. The van der Waals surface area contributed by atoms with Gasteiger partial charge in [0.05, 0.1) is 6.04 Å².